The average molecular weight is 489 g/mol. The van der Waals surface area contributed by atoms with Crippen molar-refractivity contribution in [3.63, 3.8) is 0 Å². The summed E-state index contributed by atoms with van der Waals surface area (Å²) in [5, 5.41) is 3.82. The smallest absolute Gasteiger partial charge is 0.263 e. The van der Waals surface area contributed by atoms with Gasteiger partial charge in [-0.15, -0.1) is 0 Å². The Labute approximate surface area is 195 Å². The molecule has 0 spiro atoms. The maximum Gasteiger partial charge on any atom is 0.263 e. The molecule has 0 aliphatic rings. The Balaban J connectivity index is 1.72. The standard InChI is InChI=1S/C22H18Cl2N4O3S/c1-2-31-15-8-10-16(11-9-15)32(29,30)28-22-21(25-14-7-12-17(23)18(24)13-14)26-19-5-3-4-6-20(19)27-22/h3-13H,2H2,1H3,(H,25,26)(H,27,28). The number of aromatic nitrogens is 2. The summed E-state index contributed by atoms with van der Waals surface area (Å²) in [7, 11) is -3.94. The number of hydrogen-bond acceptors (Lipinski definition) is 6. The number of anilines is 3. The van der Waals surface area contributed by atoms with Gasteiger partial charge in [0, 0.05) is 5.69 Å². The largest absolute Gasteiger partial charge is 0.494 e. The molecule has 0 saturated heterocycles. The predicted octanol–water partition coefficient (Wildman–Crippen LogP) is 5.88. The lowest BCUT2D eigenvalue weighted by Gasteiger charge is -2.14. The van der Waals surface area contributed by atoms with Crippen LogP contribution in [-0.4, -0.2) is 25.0 Å². The third-order valence-electron chi connectivity index (χ3n) is 4.43. The molecule has 0 bridgehead atoms. The summed E-state index contributed by atoms with van der Waals surface area (Å²) in [5.41, 5.74) is 1.71. The highest BCUT2D eigenvalue weighted by atomic mass is 35.5. The molecule has 164 valence electrons. The van der Waals surface area contributed by atoms with Gasteiger partial charge in [-0.3, -0.25) is 4.72 Å². The van der Waals surface area contributed by atoms with Gasteiger partial charge in [0.25, 0.3) is 10.0 Å². The van der Waals surface area contributed by atoms with Gasteiger partial charge in [0.05, 0.1) is 32.6 Å². The number of rotatable bonds is 7. The Hall–Kier alpha value is -3.07. The van der Waals surface area contributed by atoms with Gasteiger partial charge in [-0.1, -0.05) is 35.3 Å². The van der Waals surface area contributed by atoms with E-state index in [4.69, 9.17) is 27.9 Å². The first-order valence-corrected chi connectivity index (χ1v) is 11.8. The van der Waals surface area contributed by atoms with E-state index in [1.165, 1.54) is 12.1 Å². The maximum atomic E-state index is 13.0. The van der Waals surface area contributed by atoms with Gasteiger partial charge >= 0.3 is 0 Å². The van der Waals surface area contributed by atoms with Gasteiger partial charge in [0.15, 0.2) is 11.6 Å². The van der Waals surface area contributed by atoms with Crippen LogP contribution in [0.4, 0.5) is 17.3 Å². The fraction of sp³-hybridized carbons (Fsp3) is 0.0909. The molecular formula is C22H18Cl2N4O3S. The summed E-state index contributed by atoms with van der Waals surface area (Å²) in [6.45, 7) is 2.34. The van der Waals surface area contributed by atoms with E-state index in [9.17, 15) is 8.42 Å². The Morgan fingerprint density at radius 3 is 2.16 bits per heavy atom. The number of para-hydroxylation sites is 2. The third-order valence-corrected chi connectivity index (χ3v) is 6.52. The molecule has 2 N–H and O–H groups in total. The molecule has 1 heterocycles. The van der Waals surface area contributed by atoms with Crippen molar-refractivity contribution in [2.45, 2.75) is 11.8 Å². The maximum absolute atomic E-state index is 13.0. The number of halogens is 2. The second-order valence-electron chi connectivity index (χ2n) is 6.67. The van der Waals surface area contributed by atoms with Crippen LogP contribution in [0.3, 0.4) is 0 Å². The SMILES string of the molecule is CCOc1ccc(S(=O)(=O)Nc2nc3ccccc3nc2Nc2ccc(Cl)c(Cl)c2)cc1. The second kappa shape index (κ2) is 9.20. The van der Waals surface area contributed by atoms with E-state index in [-0.39, 0.29) is 16.5 Å². The van der Waals surface area contributed by atoms with Crippen LogP contribution in [-0.2, 0) is 10.0 Å². The van der Waals surface area contributed by atoms with Crippen LogP contribution in [0.1, 0.15) is 6.92 Å². The van der Waals surface area contributed by atoms with Crippen LogP contribution in [0.2, 0.25) is 10.0 Å². The zero-order valence-electron chi connectivity index (χ0n) is 16.8. The van der Waals surface area contributed by atoms with Crippen LogP contribution < -0.4 is 14.8 Å². The average Bonchev–Trinajstić information content (AvgIpc) is 2.77. The molecule has 10 heteroatoms. The summed E-state index contributed by atoms with van der Waals surface area (Å²) < 4.78 is 34.0. The van der Waals surface area contributed by atoms with E-state index in [0.29, 0.717) is 39.1 Å². The first kappa shape index (κ1) is 22.1. The van der Waals surface area contributed by atoms with Gasteiger partial charge in [-0.2, -0.15) is 0 Å². The van der Waals surface area contributed by atoms with Crippen LogP contribution >= 0.6 is 23.2 Å². The van der Waals surface area contributed by atoms with Crippen molar-refractivity contribution >= 4 is 61.6 Å². The summed E-state index contributed by atoms with van der Waals surface area (Å²) in [5.74, 6) is 0.846. The molecule has 7 nitrogen and oxygen atoms in total. The molecular weight excluding hydrogens is 471 g/mol. The zero-order valence-corrected chi connectivity index (χ0v) is 19.2. The normalized spacial score (nSPS) is 11.3. The fourth-order valence-electron chi connectivity index (χ4n) is 2.94. The van der Waals surface area contributed by atoms with Crippen molar-refractivity contribution in [3.05, 3.63) is 76.8 Å². The molecule has 4 aromatic rings. The molecule has 0 aliphatic heterocycles. The molecule has 3 aromatic carbocycles. The summed E-state index contributed by atoms with van der Waals surface area (Å²) in [6.07, 6.45) is 0. The number of hydrogen-bond donors (Lipinski definition) is 2. The van der Waals surface area contributed by atoms with Crippen LogP contribution in [0.5, 0.6) is 5.75 Å². The zero-order chi connectivity index (χ0) is 22.7. The van der Waals surface area contributed by atoms with E-state index < -0.39 is 10.0 Å². The quantitative estimate of drug-likeness (QED) is 0.337. The van der Waals surface area contributed by atoms with E-state index >= 15 is 0 Å². The molecule has 32 heavy (non-hydrogen) atoms. The Bertz CT molecular complexity index is 1380. The lowest BCUT2D eigenvalue weighted by Crippen LogP contribution is -2.16. The van der Waals surface area contributed by atoms with E-state index in [1.807, 2.05) is 13.0 Å². The number of sulfonamides is 1. The lowest BCUT2D eigenvalue weighted by atomic mass is 10.3. The highest BCUT2D eigenvalue weighted by Gasteiger charge is 2.19. The molecule has 0 unspecified atom stereocenters. The number of nitrogens with zero attached hydrogens (tertiary/aromatic N) is 2. The van der Waals surface area contributed by atoms with Gasteiger partial charge in [-0.25, -0.2) is 18.4 Å². The van der Waals surface area contributed by atoms with Crippen molar-refractivity contribution in [3.8, 4) is 5.75 Å². The minimum Gasteiger partial charge on any atom is -0.494 e. The lowest BCUT2D eigenvalue weighted by molar-refractivity contribution is 0.340. The highest BCUT2D eigenvalue weighted by molar-refractivity contribution is 7.92. The number of nitrogens with one attached hydrogen (secondary N) is 2. The van der Waals surface area contributed by atoms with Crippen molar-refractivity contribution in [2.75, 3.05) is 16.6 Å². The molecule has 0 amide bonds. The van der Waals surface area contributed by atoms with Crippen molar-refractivity contribution in [1.29, 1.82) is 0 Å². The fourth-order valence-corrected chi connectivity index (χ4v) is 4.24. The van der Waals surface area contributed by atoms with E-state index in [0.717, 1.165) is 0 Å². The van der Waals surface area contributed by atoms with Gasteiger partial charge in [-0.05, 0) is 61.5 Å². The van der Waals surface area contributed by atoms with Crippen LogP contribution in [0.15, 0.2) is 71.6 Å². The molecule has 0 aliphatic carbocycles. The Morgan fingerprint density at radius 1 is 0.875 bits per heavy atom. The van der Waals surface area contributed by atoms with Crippen molar-refractivity contribution < 1.29 is 13.2 Å². The highest BCUT2D eigenvalue weighted by Crippen LogP contribution is 2.30. The molecule has 0 fully saturated rings. The Kier molecular flexibility index (Phi) is 6.36. The molecule has 0 saturated carbocycles. The van der Waals surface area contributed by atoms with E-state index in [1.54, 1.807) is 48.5 Å². The second-order valence-corrected chi connectivity index (χ2v) is 9.17. The summed E-state index contributed by atoms with van der Waals surface area (Å²) >= 11 is 12.1. The third kappa shape index (κ3) is 4.88. The van der Waals surface area contributed by atoms with E-state index in [2.05, 4.69) is 20.0 Å². The minimum atomic E-state index is -3.94. The first-order chi connectivity index (χ1) is 15.4. The summed E-state index contributed by atoms with van der Waals surface area (Å²) in [4.78, 5) is 9.08. The molecule has 0 radical (unpaired) electrons. The molecule has 0 atom stereocenters. The molecule has 1 aromatic heterocycles. The van der Waals surface area contributed by atoms with Gasteiger partial charge in [0.1, 0.15) is 5.75 Å². The number of fused-ring (bicyclic) bond motifs is 1. The van der Waals surface area contributed by atoms with Crippen molar-refractivity contribution in [2.24, 2.45) is 0 Å². The number of benzene rings is 3. The van der Waals surface area contributed by atoms with Crippen molar-refractivity contribution in [1.82, 2.24) is 9.97 Å². The van der Waals surface area contributed by atoms with Crippen LogP contribution in [0.25, 0.3) is 11.0 Å². The van der Waals surface area contributed by atoms with Crippen LogP contribution in [0, 0.1) is 0 Å². The number of ether oxygens (including phenoxy) is 1. The molecule has 4 rings (SSSR count). The Morgan fingerprint density at radius 2 is 1.53 bits per heavy atom. The van der Waals surface area contributed by atoms with Gasteiger partial charge < -0.3 is 10.1 Å². The first-order valence-electron chi connectivity index (χ1n) is 9.60. The van der Waals surface area contributed by atoms with Gasteiger partial charge in [0.2, 0.25) is 0 Å². The monoisotopic (exact) mass is 488 g/mol. The summed E-state index contributed by atoms with van der Waals surface area (Å²) in [6, 6.07) is 18.2. The topological polar surface area (TPSA) is 93.2 Å². The minimum absolute atomic E-state index is 0.0451. The predicted molar refractivity (Wildman–Crippen MR) is 128 cm³/mol.